The summed E-state index contributed by atoms with van der Waals surface area (Å²) in [5.74, 6) is 5.57. The average molecular weight is 353 g/mol. The second kappa shape index (κ2) is 7.02. The van der Waals surface area contributed by atoms with E-state index in [1.165, 1.54) is 7.11 Å². The minimum atomic E-state index is -0.343. The van der Waals surface area contributed by atoms with Crippen LogP contribution in [0, 0.1) is 12.7 Å². The van der Waals surface area contributed by atoms with E-state index in [4.69, 9.17) is 10.6 Å². The van der Waals surface area contributed by atoms with Gasteiger partial charge in [-0.15, -0.1) is 0 Å². The summed E-state index contributed by atoms with van der Waals surface area (Å²) in [6.45, 7) is 2.01. The van der Waals surface area contributed by atoms with E-state index in [2.05, 4.69) is 21.4 Å². The fourth-order valence-electron chi connectivity index (χ4n) is 2.29. The maximum Gasteiger partial charge on any atom is 0.168 e. The first-order valence-corrected chi connectivity index (χ1v) is 7.40. The Labute approximate surface area is 132 Å². The van der Waals surface area contributed by atoms with Crippen LogP contribution in [0.5, 0.6) is 5.75 Å². The molecule has 0 spiro atoms. The van der Waals surface area contributed by atoms with Gasteiger partial charge in [0.05, 0.1) is 13.2 Å². The van der Waals surface area contributed by atoms with E-state index in [1.54, 1.807) is 18.2 Å². The molecule has 5 heteroatoms. The van der Waals surface area contributed by atoms with Gasteiger partial charge < -0.3 is 4.74 Å². The standard InChI is InChI=1S/C16H18BrFN2O/c1-10-5-3-7-12(15(10)17)13(20-19)9-11-6-4-8-14(21-2)16(11)18/h3-8,13,20H,9,19H2,1-2H3. The molecule has 0 fully saturated rings. The fraction of sp³-hybridized carbons (Fsp3) is 0.250. The van der Waals surface area contributed by atoms with Gasteiger partial charge in [-0.3, -0.25) is 11.3 Å². The summed E-state index contributed by atoms with van der Waals surface area (Å²) in [7, 11) is 1.46. The highest BCUT2D eigenvalue weighted by Crippen LogP contribution is 2.30. The summed E-state index contributed by atoms with van der Waals surface area (Å²) in [4.78, 5) is 0. The van der Waals surface area contributed by atoms with E-state index >= 15 is 0 Å². The molecular formula is C16H18BrFN2O. The molecule has 2 aromatic rings. The maximum absolute atomic E-state index is 14.3. The topological polar surface area (TPSA) is 47.3 Å². The van der Waals surface area contributed by atoms with Crippen LogP contribution < -0.4 is 16.0 Å². The van der Waals surface area contributed by atoms with Crippen LogP contribution in [-0.4, -0.2) is 7.11 Å². The third-order valence-electron chi connectivity index (χ3n) is 3.49. The first-order chi connectivity index (χ1) is 10.1. The SMILES string of the molecule is COc1cccc(CC(NN)c2cccc(C)c2Br)c1F. The summed E-state index contributed by atoms with van der Waals surface area (Å²) in [5.41, 5.74) is 5.43. The van der Waals surface area contributed by atoms with Crippen molar-refractivity contribution in [1.82, 2.24) is 5.43 Å². The van der Waals surface area contributed by atoms with Gasteiger partial charge in [0, 0.05) is 4.47 Å². The smallest absolute Gasteiger partial charge is 0.168 e. The van der Waals surface area contributed by atoms with Gasteiger partial charge in [-0.05, 0) is 36.1 Å². The van der Waals surface area contributed by atoms with Crippen LogP contribution in [0.25, 0.3) is 0 Å². The molecule has 0 bridgehead atoms. The van der Waals surface area contributed by atoms with Gasteiger partial charge in [0.15, 0.2) is 11.6 Å². The predicted octanol–water partition coefficient (Wildman–Crippen LogP) is 3.65. The van der Waals surface area contributed by atoms with Crippen molar-refractivity contribution in [3.05, 3.63) is 63.4 Å². The van der Waals surface area contributed by atoms with Crippen molar-refractivity contribution in [3.8, 4) is 5.75 Å². The molecule has 0 radical (unpaired) electrons. The molecule has 0 amide bonds. The van der Waals surface area contributed by atoms with Crippen LogP contribution in [0.1, 0.15) is 22.7 Å². The van der Waals surface area contributed by atoms with Crippen molar-refractivity contribution in [2.75, 3.05) is 7.11 Å². The van der Waals surface area contributed by atoms with Crippen molar-refractivity contribution in [1.29, 1.82) is 0 Å². The monoisotopic (exact) mass is 352 g/mol. The number of aryl methyl sites for hydroxylation is 1. The number of ether oxygens (including phenoxy) is 1. The Bertz CT molecular complexity index is 634. The van der Waals surface area contributed by atoms with Crippen molar-refractivity contribution in [3.63, 3.8) is 0 Å². The molecule has 0 aliphatic heterocycles. The molecule has 112 valence electrons. The number of halogens is 2. The van der Waals surface area contributed by atoms with Crippen LogP contribution in [0.2, 0.25) is 0 Å². The number of methoxy groups -OCH3 is 1. The maximum atomic E-state index is 14.3. The van der Waals surface area contributed by atoms with E-state index in [9.17, 15) is 4.39 Å². The molecule has 0 aliphatic rings. The van der Waals surface area contributed by atoms with Crippen LogP contribution in [0.3, 0.4) is 0 Å². The van der Waals surface area contributed by atoms with Gasteiger partial charge in [-0.1, -0.05) is 46.3 Å². The Balaban J connectivity index is 2.34. The highest BCUT2D eigenvalue weighted by atomic mass is 79.9. The molecule has 2 aromatic carbocycles. The molecule has 0 saturated carbocycles. The minimum Gasteiger partial charge on any atom is -0.494 e. The third-order valence-corrected chi connectivity index (χ3v) is 4.57. The molecule has 0 heterocycles. The Morgan fingerprint density at radius 3 is 2.67 bits per heavy atom. The summed E-state index contributed by atoms with van der Waals surface area (Å²) in [5, 5.41) is 0. The van der Waals surface area contributed by atoms with Crippen molar-refractivity contribution in [2.24, 2.45) is 5.84 Å². The third kappa shape index (κ3) is 3.43. The molecule has 1 unspecified atom stereocenters. The zero-order chi connectivity index (χ0) is 15.4. The van der Waals surface area contributed by atoms with Crippen LogP contribution in [0.4, 0.5) is 4.39 Å². The summed E-state index contributed by atoms with van der Waals surface area (Å²) < 4.78 is 20.3. The van der Waals surface area contributed by atoms with Gasteiger partial charge in [-0.25, -0.2) is 4.39 Å². The van der Waals surface area contributed by atoms with Crippen LogP contribution >= 0.6 is 15.9 Å². The van der Waals surface area contributed by atoms with Crippen LogP contribution in [0.15, 0.2) is 40.9 Å². The number of nitrogens with one attached hydrogen (secondary N) is 1. The lowest BCUT2D eigenvalue weighted by atomic mass is 9.97. The zero-order valence-corrected chi connectivity index (χ0v) is 13.6. The Kier molecular flexibility index (Phi) is 5.33. The molecule has 3 nitrogen and oxygen atoms in total. The van der Waals surface area contributed by atoms with Crippen molar-refractivity contribution >= 4 is 15.9 Å². The lowest BCUT2D eigenvalue weighted by Crippen LogP contribution is -2.30. The van der Waals surface area contributed by atoms with E-state index in [1.807, 2.05) is 25.1 Å². The molecule has 1 atom stereocenters. The van der Waals surface area contributed by atoms with Gasteiger partial charge >= 0.3 is 0 Å². The van der Waals surface area contributed by atoms with E-state index in [0.717, 1.165) is 15.6 Å². The lowest BCUT2D eigenvalue weighted by molar-refractivity contribution is 0.382. The van der Waals surface area contributed by atoms with Crippen molar-refractivity contribution in [2.45, 2.75) is 19.4 Å². The number of hydrogen-bond donors (Lipinski definition) is 2. The molecule has 3 N–H and O–H groups in total. The predicted molar refractivity (Wildman–Crippen MR) is 85.6 cm³/mol. The Morgan fingerprint density at radius 1 is 1.29 bits per heavy atom. The van der Waals surface area contributed by atoms with Crippen molar-refractivity contribution < 1.29 is 9.13 Å². The molecular weight excluding hydrogens is 335 g/mol. The first-order valence-electron chi connectivity index (χ1n) is 6.61. The Morgan fingerprint density at radius 2 is 2.00 bits per heavy atom. The van der Waals surface area contributed by atoms with E-state index in [-0.39, 0.29) is 17.6 Å². The summed E-state index contributed by atoms with van der Waals surface area (Å²) in [6, 6.07) is 10.9. The molecule has 0 saturated heterocycles. The minimum absolute atomic E-state index is 0.194. The highest BCUT2D eigenvalue weighted by Gasteiger charge is 2.18. The number of benzene rings is 2. The molecule has 0 aromatic heterocycles. The van der Waals surface area contributed by atoms with Crippen LogP contribution in [-0.2, 0) is 6.42 Å². The zero-order valence-electron chi connectivity index (χ0n) is 12.0. The quantitative estimate of drug-likeness (QED) is 0.637. The molecule has 0 aliphatic carbocycles. The highest BCUT2D eigenvalue weighted by molar-refractivity contribution is 9.10. The fourth-order valence-corrected chi connectivity index (χ4v) is 2.83. The molecule has 2 rings (SSSR count). The summed E-state index contributed by atoms with van der Waals surface area (Å²) >= 11 is 3.57. The number of nitrogens with two attached hydrogens (primary N) is 1. The lowest BCUT2D eigenvalue weighted by Gasteiger charge is -2.19. The molecule has 21 heavy (non-hydrogen) atoms. The second-order valence-electron chi connectivity index (χ2n) is 4.83. The first kappa shape index (κ1) is 15.9. The number of rotatable bonds is 5. The normalized spacial score (nSPS) is 12.2. The van der Waals surface area contributed by atoms with E-state index in [0.29, 0.717) is 12.0 Å². The number of hydrazine groups is 1. The van der Waals surface area contributed by atoms with Gasteiger partial charge in [0.25, 0.3) is 0 Å². The van der Waals surface area contributed by atoms with E-state index < -0.39 is 0 Å². The summed E-state index contributed by atoms with van der Waals surface area (Å²) in [6.07, 6.45) is 0.432. The van der Waals surface area contributed by atoms with Gasteiger partial charge in [-0.2, -0.15) is 0 Å². The van der Waals surface area contributed by atoms with Gasteiger partial charge in [0.1, 0.15) is 0 Å². The number of hydrogen-bond acceptors (Lipinski definition) is 3. The van der Waals surface area contributed by atoms with Gasteiger partial charge in [0.2, 0.25) is 0 Å². The second-order valence-corrected chi connectivity index (χ2v) is 5.63. The largest absolute Gasteiger partial charge is 0.494 e. The Hall–Kier alpha value is -1.43. The average Bonchev–Trinajstić information content (AvgIpc) is 2.49.